The van der Waals surface area contributed by atoms with Crippen LogP contribution in [-0.4, -0.2) is 18.3 Å². The van der Waals surface area contributed by atoms with Crippen LogP contribution in [0.5, 0.6) is 0 Å². The molecule has 0 fully saturated rings. The lowest BCUT2D eigenvalue weighted by Crippen LogP contribution is -2.25. The summed E-state index contributed by atoms with van der Waals surface area (Å²) in [6.45, 7) is 5.53. The van der Waals surface area contributed by atoms with Gasteiger partial charge in [-0.3, -0.25) is 0 Å². The average Bonchev–Trinajstić information content (AvgIpc) is 2.66. The first kappa shape index (κ1) is 14.0. The second kappa shape index (κ2) is 7.28. The van der Waals surface area contributed by atoms with Gasteiger partial charge in [-0.05, 0) is 37.4 Å². The molecule has 0 aromatic carbocycles. The molecule has 0 amide bonds. The lowest BCUT2D eigenvalue weighted by Gasteiger charge is -2.18. The van der Waals surface area contributed by atoms with E-state index < -0.39 is 0 Å². The number of aliphatic hydroxyl groups excluding tert-OH is 1. The van der Waals surface area contributed by atoms with E-state index >= 15 is 0 Å². The van der Waals surface area contributed by atoms with Crippen LogP contribution < -0.4 is 5.32 Å². The molecule has 92 valence electrons. The molecule has 1 heterocycles. The molecular formula is C12H20ClNOS. The van der Waals surface area contributed by atoms with E-state index in [1.54, 1.807) is 11.3 Å². The van der Waals surface area contributed by atoms with Gasteiger partial charge in [-0.25, -0.2) is 0 Å². The first-order chi connectivity index (χ1) is 7.67. The minimum Gasteiger partial charge on any atom is -0.396 e. The molecule has 1 aromatic heterocycles. The molecule has 0 aliphatic carbocycles. The molecule has 0 radical (unpaired) electrons. The predicted octanol–water partition coefficient (Wildman–Crippen LogP) is 3.46. The summed E-state index contributed by atoms with van der Waals surface area (Å²) >= 11 is 7.57. The van der Waals surface area contributed by atoms with E-state index in [1.807, 2.05) is 6.07 Å². The Morgan fingerprint density at radius 2 is 2.25 bits per heavy atom. The van der Waals surface area contributed by atoms with Crippen molar-refractivity contribution < 1.29 is 5.11 Å². The number of thiophene rings is 1. The maximum atomic E-state index is 8.84. The Kier molecular flexibility index (Phi) is 6.36. The zero-order valence-electron chi connectivity index (χ0n) is 9.87. The highest BCUT2D eigenvalue weighted by Gasteiger charge is 2.12. The van der Waals surface area contributed by atoms with E-state index in [-0.39, 0.29) is 6.61 Å². The zero-order chi connectivity index (χ0) is 12.0. The Labute approximate surface area is 107 Å². The Balaban J connectivity index is 2.43. The third-order valence-electron chi connectivity index (χ3n) is 2.68. The third kappa shape index (κ3) is 4.42. The van der Waals surface area contributed by atoms with Gasteiger partial charge in [0.25, 0.3) is 0 Å². The van der Waals surface area contributed by atoms with Crippen LogP contribution in [0, 0.1) is 5.92 Å². The minimum absolute atomic E-state index is 0.268. The highest BCUT2D eigenvalue weighted by atomic mass is 35.5. The Bertz CT molecular complexity index is 303. The fraction of sp³-hybridized carbons (Fsp3) is 0.667. The largest absolute Gasteiger partial charge is 0.396 e. The maximum absolute atomic E-state index is 8.84. The zero-order valence-corrected chi connectivity index (χ0v) is 11.4. The van der Waals surface area contributed by atoms with E-state index in [2.05, 4.69) is 25.2 Å². The molecular weight excluding hydrogens is 242 g/mol. The standard InChI is InChI=1S/C12H20ClNOS/c1-3-10(11-4-5-12(13)16-11)14-8-9(2)6-7-15/h4-5,9-10,14-15H,3,6-8H2,1-2H3. The van der Waals surface area contributed by atoms with Gasteiger partial charge in [-0.2, -0.15) is 0 Å². The molecule has 1 aromatic rings. The van der Waals surface area contributed by atoms with Crippen LogP contribution in [0.25, 0.3) is 0 Å². The summed E-state index contributed by atoms with van der Waals surface area (Å²) in [4.78, 5) is 1.30. The van der Waals surface area contributed by atoms with Crippen molar-refractivity contribution in [2.75, 3.05) is 13.2 Å². The monoisotopic (exact) mass is 261 g/mol. The fourth-order valence-electron chi connectivity index (χ4n) is 1.63. The second-order valence-electron chi connectivity index (χ2n) is 4.13. The Morgan fingerprint density at radius 1 is 1.50 bits per heavy atom. The summed E-state index contributed by atoms with van der Waals surface area (Å²) in [5.74, 6) is 0.509. The van der Waals surface area contributed by atoms with Gasteiger partial charge in [-0.15, -0.1) is 11.3 Å². The van der Waals surface area contributed by atoms with Crippen LogP contribution >= 0.6 is 22.9 Å². The van der Waals surface area contributed by atoms with Gasteiger partial charge in [0, 0.05) is 17.5 Å². The maximum Gasteiger partial charge on any atom is 0.0931 e. The normalized spacial score (nSPS) is 15.0. The molecule has 0 saturated carbocycles. The van der Waals surface area contributed by atoms with Crippen LogP contribution in [0.2, 0.25) is 4.34 Å². The van der Waals surface area contributed by atoms with Crippen LogP contribution in [0.3, 0.4) is 0 Å². The number of nitrogens with one attached hydrogen (secondary N) is 1. The number of hydrogen-bond acceptors (Lipinski definition) is 3. The van der Waals surface area contributed by atoms with E-state index in [0.29, 0.717) is 12.0 Å². The topological polar surface area (TPSA) is 32.3 Å². The molecule has 0 spiro atoms. The van der Waals surface area contributed by atoms with Crippen molar-refractivity contribution in [1.82, 2.24) is 5.32 Å². The lowest BCUT2D eigenvalue weighted by atomic mass is 10.1. The van der Waals surface area contributed by atoms with E-state index in [9.17, 15) is 0 Å². The predicted molar refractivity (Wildman–Crippen MR) is 71.2 cm³/mol. The molecule has 2 N–H and O–H groups in total. The molecule has 4 heteroatoms. The number of aliphatic hydroxyl groups is 1. The smallest absolute Gasteiger partial charge is 0.0931 e. The number of rotatable bonds is 7. The van der Waals surface area contributed by atoms with Gasteiger partial charge in [0.2, 0.25) is 0 Å². The fourth-order valence-corrected chi connectivity index (χ4v) is 2.85. The Hall–Kier alpha value is -0.0900. The molecule has 16 heavy (non-hydrogen) atoms. The SMILES string of the molecule is CCC(NCC(C)CCO)c1ccc(Cl)s1. The summed E-state index contributed by atoms with van der Waals surface area (Å²) in [6, 6.07) is 4.42. The van der Waals surface area contributed by atoms with Crippen molar-refractivity contribution in [3.05, 3.63) is 21.3 Å². The third-order valence-corrected chi connectivity index (χ3v) is 4.03. The van der Waals surface area contributed by atoms with E-state index in [1.165, 1.54) is 4.88 Å². The average molecular weight is 262 g/mol. The van der Waals surface area contributed by atoms with Gasteiger partial charge in [-0.1, -0.05) is 25.4 Å². The summed E-state index contributed by atoms with van der Waals surface area (Å²) in [6.07, 6.45) is 1.91. The lowest BCUT2D eigenvalue weighted by molar-refractivity contribution is 0.257. The van der Waals surface area contributed by atoms with Gasteiger partial charge >= 0.3 is 0 Å². The van der Waals surface area contributed by atoms with Crippen molar-refractivity contribution in [3.8, 4) is 0 Å². The molecule has 2 atom stereocenters. The number of hydrogen-bond donors (Lipinski definition) is 2. The summed E-state index contributed by atoms with van der Waals surface area (Å²) in [5.41, 5.74) is 0. The van der Waals surface area contributed by atoms with Crippen LogP contribution in [0.15, 0.2) is 12.1 Å². The summed E-state index contributed by atoms with van der Waals surface area (Å²) < 4.78 is 0.846. The van der Waals surface area contributed by atoms with Gasteiger partial charge < -0.3 is 10.4 Å². The highest BCUT2D eigenvalue weighted by molar-refractivity contribution is 7.16. The molecule has 0 aliphatic heterocycles. The van der Waals surface area contributed by atoms with Gasteiger partial charge in [0.05, 0.1) is 4.34 Å². The van der Waals surface area contributed by atoms with Crippen molar-refractivity contribution in [2.45, 2.75) is 32.7 Å². The van der Waals surface area contributed by atoms with Crippen LogP contribution in [0.1, 0.15) is 37.6 Å². The molecule has 2 unspecified atom stereocenters. The van der Waals surface area contributed by atoms with E-state index in [4.69, 9.17) is 16.7 Å². The van der Waals surface area contributed by atoms with Crippen molar-refractivity contribution in [2.24, 2.45) is 5.92 Å². The van der Waals surface area contributed by atoms with Crippen molar-refractivity contribution in [1.29, 1.82) is 0 Å². The van der Waals surface area contributed by atoms with Gasteiger partial charge in [0.1, 0.15) is 0 Å². The molecule has 0 aliphatic rings. The van der Waals surface area contributed by atoms with Crippen LogP contribution in [0.4, 0.5) is 0 Å². The first-order valence-electron chi connectivity index (χ1n) is 5.76. The van der Waals surface area contributed by atoms with E-state index in [0.717, 1.165) is 23.7 Å². The highest BCUT2D eigenvalue weighted by Crippen LogP contribution is 2.28. The minimum atomic E-state index is 0.268. The second-order valence-corrected chi connectivity index (χ2v) is 5.88. The van der Waals surface area contributed by atoms with Crippen LogP contribution in [-0.2, 0) is 0 Å². The number of halogens is 1. The molecule has 0 bridgehead atoms. The molecule has 0 saturated heterocycles. The van der Waals surface area contributed by atoms with Crippen molar-refractivity contribution in [3.63, 3.8) is 0 Å². The molecule has 1 rings (SSSR count). The first-order valence-corrected chi connectivity index (χ1v) is 6.96. The summed E-state index contributed by atoms with van der Waals surface area (Å²) in [5, 5.41) is 12.4. The van der Waals surface area contributed by atoms with Crippen molar-refractivity contribution >= 4 is 22.9 Å². The molecule has 2 nitrogen and oxygen atoms in total. The quantitative estimate of drug-likeness (QED) is 0.788. The Morgan fingerprint density at radius 3 is 2.75 bits per heavy atom. The van der Waals surface area contributed by atoms with Gasteiger partial charge in [0.15, 0.2) is 0 Å². The summed E-state index contributed by atoms with van der Waals surface area (Å²) in [7, 11) is 0.